The van der Waals surface area contributed by atoms with Crippen molar-refractivity contribution in [1.29, 1.82) is 0 Å². The van der Waals surface area contributed by atoms with Crippen LogP contribution in [0.15, 0.2) is 76.5 Å². The molecule has 0 saturated carbocycles. The summed E-state index contributed by atoms with van der Waals surface area (Å²) in [6.07, 6.45) is 1.85. The largest absolute Gasteiger partial charge is 0.496 e. The average Bonchev–Trinajstić information content (AvgIpc) is 3.19. The van der Waals surface area contributed by atoms with Gasteiger partial charge < -0.3 is 9.15 Å². The average molecular weight is 403 g/mol. The molecule has 146 valence electrons. The highest BCUT2D eigenvalue weighted by Gasteiger charge is 2.18. The Morgan fingerprint density at radius 2 is 1.59 bits per heavy atom. The van der Waals surface area contributed by atoms with Crippen molar-refractivity contribution in [3.8, 4) is 28.3 Å². The van der Waals surface area contributed by atoms with Gasteiger partial charge in [-0.1, -0.05) is 72.4 Å². The normalized spacial score (nSPS) is 10.9. The molecular formula is C24H22N2O2S. The second-order valence-corrected chi connectivity index (χ2v) is 7.65. The van der Waals surface area contributed by atoms with E-state index < -0.39 is 0 Å². The molecule has 4 rings (SSSR count). The summed E-state index contributed by atoms with van der Waals surface area (Å²) in [7, 11) is 1.69. The number of aryl methyl sites for hydroxylation is 1. The fraction of sp³-hybridized carbons (Fsp3) is 0.167. The van der Waals surface area contributed by atoms with Crippen molar-refractivity contribution in [2.75, 3.05) is 7.11 Å². The summed E-state index contributed by atoms with van der Waals surface area (Å²) in [6.45, 7) is 4.04. The second-order valence-electron chi connectivity index (χ2n) is 6.72. The van der Waals surface area contributed by atoms with E-state index in [2.05, 4.69) is 17.1 Å². The number of aromatic nitrogens is 2. The number of benzene rings is 2. The number of nitrogens with zero attached hydrogens (tertiary/aromatic N) is 2. The molecule has 0 aliphatic carbocycles. The van der Waals surface area contributed by atoms with Crippen molar-refractivity contribution < 1.29 is 9.15 Å². The highest BCUT2D eigenvalue weighted by molar-refractivity contribution is 7.98. The Balaban J connectivity index is 1.66. The molecule has 2 heterocycles. The van der Waals surface area contributed by atoms with Crippen LogP contribution in [0.3, 0.4) is 0 Å². The smallest absolute Gasteiger partial charge is 0.257 e. The molecule has 4 nitrogen and oxygen atoms in total. The monoisotopic (exact) mass is 402 g/mol. The van der Waals surface area contributed by atoms with E-state index in [1.165, 1.54) is 0 Å². The van der Waals surface area contributed by atoms with E-state index in [4.69, 9.17) is 14.1 Å². The predicted molar refractivity (Wildman–Crippen MR) is 117 cm³/mol. The summed E-state index contributed by atoms with van der Waals surface area (Å²) in [4.78, 5) is 9.38. The molecule has 0 N–H and O–H groups in total. The maximum absolute atomic E-state index is 6.19. The molecule has 2 aromatic carbocycles. The summed E-state index contributed by atoms with van der Waals surface area (Å²) in [5.41, 5.74) is 5.96. The number of thioether (sulfide) groups is 1. The zero-order chi connectivity index (χ0) is 20.2. The number of pyridine rings is 1. The van der Waals surface area contributed by atoms with Crippen molar-refractivity contribution >= 4 is 11.8 Å². The molecule has 0 fully saturated rings. The minimum absolute atomic E-state index is 0.628. The van der Waals surface area contributed by atoms with E-state index in [1.807, 2.05) is 68.6 Å². The first-order valence-electron chi connectivity index (χ1n) is 9.41. The summed E-state index contributed by atoms with van der Waals surface area (Å²) in [6, 6.07) is 20.2. The van der Waals surface area contributed by atoms with Crippen molar-refractivity contribution in [2.24, 2.45) is 0 Å². The van der Waals surface area contributed by atoms with Gasteiger partial charge in [0.15, 0.2) is 5.76 Å². The Morgan fingerprint density at radius 3 is 2.24 bits per heavy atom. The highest BCUT2D eigenvalue weighted by Crippen LogP contribution is 2.37. The number of ether oxygens (including phenoxy) is 1. The number of oxazole rings is 1. The van der Waals surface area contributed by atoms with E-state index in [0.717, 1.165) is 45.2 Å². The molecule has 2 aromatic heterocycles. The molecule has 0 aliphatic rings. The van der Waals surface area contributed by atoms with Crippen LogP contribution >= 0.6 is 11.8 Å². The predicted octanol–water partition coefficient (Wildman–Crippen LogP) is 6.32. The molecule has 0 unspecified atom stereocenters. The van der Waals surface area contributed by atoms with Crippen molar-refractivity contribution in [3.63, 3.8) is 0 Å². The van der Waals surface area contributed by atoms with E-state index in [-0.39, 0.29) is 0 Å². The van der Waals surface area contributed by atoms with E-state index in [9.17, 15) is 0 Å². The van der Waals surface area contributed by atoms with Crippen LogP contribution in [0.1, 0.15) is 16.8 Å². The lowest BCUT2D eigenvalue weighted by molar-refractivity contribution is 0.407. The lowest BCUT2D eigenvalue weighted by atomic mass is 10.1. The molecule has 0 radical (unpaired) electrons. The lowest BCUT2D eigenvalue weighted by Gasteiger charge is -2.11. The summed E-state index contributed by atoms with van der Waals surface area (Å²) < 4.78 is 11.7. The minimum atomic E-state index is 0.628. The van der Waals surface area contributed by atoms with Crippen LogP contribution in [0.5, 0.6) is 5.75 Å². The van der Waals surface area contributed by atoms with Gasteiger partial charge in [-0.3, -0.25) is 4.98 Å². The highest BCUT2D eigenvalue weighted by atomic mass is 32.2. The van der Waals surface area contributed by atoms with Crippen LogP contribution in [0.2, 0.25) is 0 Å². The number of rotatable bonds is 6. The quantitative estimate of drug-likeness (QED) is 0.353. The Kier molecular flexibility index (Phi) is 5.67. The van der Waals surface area contributed by atoms with Gasteiger partial charge in [0.2, 0.25) is 0 Å². The van der Waals surface area contributed by atoms with E-state index in [1.54, 1.807) is 18.9 Å². The molecule has 0 saturated heterocycles. The number of hydrogen-bond acceptors (Lipinski definition) is 5. The summed E-state index contributed by atoms with van der Waals surface area (Å²) >= 11 is 1.54. The van der Waals surface area contributed by atoms with Gasteiger partial charge in [0.1, 0.15) is 11.4 Å². The SMILES string of the molecule is COc1c(C)cnc(CSc2nc(-c3ccccc3)c(-c3ccccc3)o2)c1C. The summed E-state index contributed by atoms with van der Waals surface area (Å²) in [5.74, 6) is 2.33. The number of methoxy groups -OCH3 is 1. The third-order valence-corrected chi connectivity index (χ3v) is 5.61. The maximum Gasteiger partial charge on any atom is 0.257 e. The van der Waals surface area contributed by atoms with Crippen LogP contribution in [0, 0.1) is 13.8 Å². The topological polar surface area (TPSA) is 48.2 Å². The fourth-order valence-corrected chi connectivity index (χ4v) is 4.14. The van der Waals surface area contributed by atoms with Gasteiger partial charge in [0.25, 0.3) is 5.22 Å². The van der Waals surface area contributed by atoms with Crippen LogP contribution in [0.4, 0.5) is 0 Å². The second kappa shape index (κ2) is 8.53. The minimum Gasteiger partial charge on any atom is -0.496 e. The van der Waals surface area contributed by atoms with Gasteiger partial charge in [0.05, 0.1) is 12.8 Å². The fourth-order valence-electron chi connectivity index (χ4n) is 3.29. The van der Waals surface area contributed by atoms with E-state index in [0.29, 0.717) is 11.0 Å². The molecule has 0 spiro atoms. The number of hydrogen-bond donors (Lipinski definition) is 0. The Hall–Kier alpha value is -3.05. The first kappa shape index (κ1) is 19.3. The third kappa shape index (κ3) is 4.05. The van der Waals surface area contributed by atoms with E-state index >= 15 is 0 Å². The molecule has 0 bridgehead atoms. The lowest BCUT2D eigenvalue weighted by Crippen LogP contribution is -1.98. The zero-order valence-corrected chi connectivity index (χ0v) is 17.5. The molecule has 29 heavy (non-hydrogen) atoms. The van der Waals surface area contributed by atoms with Crippen LogP contribution in [0.25, 0.3) is 22.6 Å². The molecule has 5 heteroatoms. The van der Waals surface area contributed by atoms with Gasteiger partial charge in [-0.25, -0.2) is 4.98 Å². The van der Waals surface area contributed by atoms with Crippen molar-refractivity contribution in [3.05, 3.63) is 83.7 Å². The van der Waals surface area contributed by atoms with Gasteiger partial charge in [0, 0.05) is 34.2 Å². The Bertz CT molecular complexity index is 1050. The molecule has 4 aromatic rings. The van der Waals surface area contributed by atoms with Gasteiger partial charge in [-0.2, -0.15) is 0 Å². The molecule has 0 atom stereocenters. The van der Waals surface area contributed by atoms with Crippen LogP contribution in [-0.2, 0) is 5.75 Å². The zero-order valence-electron chi connectivity index (χ0n) is 16.7. The van der Waals surface area contributed by atoms with Gasteiger partial charge in [-0.15, -0.1) is 0 Å². The Morgan fingerprint density at radius 1 is 0.931 bits per heavy atom. The summed E-state index contributed by atoms with van der Waals surface area (Å²) in [5, 5.41) is 0.628. The van der Waals surface area contributed by atoms with Crippen LogP contribution < -0.4 is 4.74 Å². The first-order chi connectivity index (χ1) is 14.2. The maximum atomic E-state index is 6.19. The Labute approximate surface area is 175 Å². The standard InChI is InChI=1S/C24H22N2O2S/c1-16-14-25-20(17(2)22(16)27-3)15-29-24-26-21(18-10-6-4-7-11-18)23(28-24)19-12-8-5-9-13-19/h4-14H,15H2,1-3H3. The van der Waals surface area contributed by atoms with Gasteiger partial charge >= 0.3 is 0 Å². The molecular weight excluding hydrogens is 380 g/mol. The molecule has 0 aliphatic heterocycles. The van der Waals surface area contributed by atoms with Gasteiger partial charge in [-0.05, 0) is 13.8 Å². The molecule has 0 amide bonds. The van der Waals surface area contributed by atoms with Crippen molar-refractivity contribution in [1.82, 2.24) is 9.97 Å². The van der Waals surface area contributed by atoms with Crippen molar-refractivity contribution in [2.45, 2.75) is 24.8 Å². The van der Waals surface area contributed by atoms with Crippen LogP contribution in [-0.4, -0.2) is 17.1 Å². The first-order valence-corrected chi connectivity index (χ1v) is 10.4. The third-order valence-electron chi connectivity index (χ3n) is 4.77.